The molecule has 0 saturated carbocycles. The van der Waals surface area contributed by atoms with Gasteiger partial charge >= 0.3 is 0 Å². The number of hydrogen-bond acceptors (Lipinski definition) is 3. The van der Waals surface area contributed by atoms with Crippen LogP contribution >= 0.6 is 11.8 Å². The van der Waals surface area contributed by atoms with Gasteiger partial charge in [-0.05, 0) is 18.4 Å². The highest BCUT2D eigenvalue weighted by atomic mass is 32.2. The molecule has 1 rings (SSSR count). The average molecular weight is 210 g/mol. The van der Waals surface area contributed by atoms with Crippen LogP contribution in [0.5, 0.6) is 0 Å². The zero-order valence-corrected chi connectivity index (χ0v) is 9.15. The largest absolute Gasteiger partial charge is 0.375 e. The molecule has 0 radical (unpaired) electrons. The summed E-state index contributed by atoms with van der Waals surface area (Å²) in [4.78, 5) is 12.2. The van der Waals surface area contributed by atoms with E-state index in [9.17, 15) is 4.79 Å². The van der Waals surface area contributed by atoms with E-state index in [0.717, 1.165) is 10.6 Å². The van der Waals surface area contributed by atoms with Crippen LogP contribution in [0.15, 0.2) is 29.2 Å². The first-order chi connectivity index (χ1) is 6.77. The molecule has 0 aliphatic heterocycles. The fourth-order valence-corrected chi connectivity index (χ4v) is 1.63. The van der Waals surface area contributed by atoms with E-state index in [-0.39, 0.29) is 5.91 Å². The summed E-state index contributed by atoms with van der Waals surface area (Å²) in [6, 6.07) is 7.93. The summed E-state index contributed by atoms with van der Waals surface area (Å²) < 4.78 is 0. The van der Waals surface area contributed by atoms with Gasteiger partial charge in [0.05, 0.1) is 6.54 Å². The third-order valence-corrected chi connectivity index (χ3v) is 2.62. The average Bonchev–Trinajstić information content (AvgIpc) is 2.26. The van der Waals surface area contributed by atoms with Crippen LogP contribution in [0, 0.1) is 0 Å². The number of carbonyl (C=O) groups excluding carboxylic acids is 1. The van der Waals surface area contributed by atoms with E-state index in [1.807, 2.05) is 30.5 Å². The molecule has 0 bridgehead atoms. The molecule has 2 N–H and O–H groups in total. The number of amides is 1. The van der Waals surface area contributed by atoms with Crippen molar-refractivity contribution in [2.45, 2.75) is 4.90 Å². The van der Waals surface area contributed by atoms with Gasteiger partial charge in [0.25, 0.3) is 0 Å². The van der Waals surface area contributed by atoms with E-state index in [4.69, 9.17) is 0 Å². The molecule has 76 valence electrons. The van der Waals surface area contributed by atoms with Crippen molar-refractivity contribution >= 4 is 23.4 Å². The molecule has 0 aliphatic carbocycles. The van der Waals surface area contributed by atoms with Gasteiger partial charge < -0.3 is 10.6 Å². The normalized spacial score (nSPS) is 9.57. The number of thioether (sulfide) groups is 1. The summed E-state index contributed by atoms with van der Waals surface area (Å²) in [6.07, 6.45) is 2.01. The summed E-state index contributed by atoms with van der Waals surface area (Å²) in [5.74, 6) is -0.0130. The van der Waals surface area contributed by atoms with E-state index in [2.05, 4.69) is 10.6 Å². The quantitative estimate of drug-likeness (QED) is 0.741. The van der Waals surface area contributed by atoms with Crippen molar-refractivity contribution in [1.29, 1.82) is 0 Å². The third kappa shape index (κ3) is 2.96. The van der Waals surface area contributed by atoms with Gasteiger partial charge in [0.15, 0.2) is 0 Å². The van der Waals surface area contributed by atoms with Crippen molar-refractivity contribution < 1.29 is 4.79 Å². The van der Waals surface area contributed by atoms with Crippen molar-refractivity contribution in [2.75, 3.05) is 25.2 Å². The fourth-order valence-electron chi connectivity index (χ4n) is 1.05. The first kappa shape index (κ1) is 10.9. The van der Waals surface area contributed by atoms with Crippen molar-refractivity contribution in [1.82, 2.24) is 5.32 Å². The minimum absolute atomic E-state index is 0.0130. The number of hydrogen-bond donors (Lipinski definition) is 2. The van der Waals surface area contributed by atoms with Crippen molar-refractivity contribution in [3.05, 3.63) is 24.3 Å². The van der Waals surface area contributed by atoms with Gasteiger partial charge in [-0.25, -0.2) is 0 Å². The molecule has 1 aromatic carbocycles. The highest BCUT2D eigenvalue weighted by Gasteiger charge is 2.01. The number of anilines is 1. The number of likely N-dealkylation sites (N-methyl/N-ethyl adjacent to an activating group) is 1. The lowest BCUT2D eigenvalue weighted by Gasteiger charge is -2.08. The summed E-state index contributed by atoms with van der Waals surface area (Å²) in [6.45, 7) is 0.314. The molecule has 0 unspecified atom stereocenters. The molecule has 1 amide bonds. The molecule has 3 nitrogen and oxygen atoms in total. The van der Waals surface area contributed by atoms with Crippen LogP contribution < -0.4 is 10.6 Å². The second-order valence-electron chi connectivity index (χ2n) is 2.73. The zero-order chi connectivity index (χ0) is 10.4. The molecule has 0 spiro atoms. The lowest BCUT2D eigenvalue weighted by Crippen LogP contribution is -2.26. The predicted molar refractivity (Wildman–Crippen MR) is 60.8 cm³/mol. The van der Waals surface area contributed by atoms with Gasteiger partial charge in [-0.1, -0.05) is 12.1 Å². The Morgan fingerprint density at radius 3 is 2.79 bits per heavy atom. The Morgan fingerprint density at radius 2 is 2.14 bits per heavy atom. The third-order valence-electron chi connectivity index (χ3n) is 1.83. The van der Waals surface area contributed by atoms with Crippen LogP contribution in [0.4, 0.5) is 5.69 Å². The fraction of sp³-hybridized carbons (Fsp3) is 0.300. The van der Waals surface area contributed by atoms with Gasteiger partial charge in [-0.3, -0.25) is 4.79 Å². The maximum Gasteiger partial charge on any atom is 0.239 e. The van der Waals surface area contributed by atoms with Gasteiger partial charge in [0, 0.05) is 17.6 Å². The van der Waals surface area contributed by atoms with Gasteiger partial charge in [-0.15, -0.1) is 11.8 Å². The van der Waals surface area contributed by atoms with Crippen LogP contribution in [0.3, 0.4) is 0 Å². The lowest BCUT2D eigenvalue weighted by atomic mass is 10.3. The number of carbonyl (C=O) groups is 1. The van der Waals surface area contributed by atoms with Crippen LogP contribution in [-0.2, 0) is 4.79 Å². The molecule has 0 aliphatic rings. The first-order valence-corrected chi connectivity index (χ1v) is 5.58. The standard InChI is InChI=1S/C10H14N2OS/c1-11-10(13)7-12-8-5-3-4-6-9(8)14-2/h3-6,12H,7H2,1-2H3,(H,11,13). The monoisotopic (exact) mass is 210 g/mol. The molecule has 0 heterocycles. The van der Waals surface area contributed by atoms with E-state index >= 15 is 0 Å². The molecule has 0 fully saturated rings. The minimum atomic E-state index is -0.0130. The molecule has 1 aromatic rings. The molecule has 14 heavy (non-hydrogen) atoms. The number of rotatable bonds is 4. The number of nitrogens with one attached hydrogen (secondary N) is 2. The maximum atomic E-state index is 11.0. The van der Waals surface area contributed by atoms with E-state index in [1.54, 1.807) is 18.8 Å². The van der Waals surface area contributed by atoms with Gasteiger partial charge in [0.1, 0.15) is 0 Å². The summed E-state index contributed by atoms with van der Waals surface area (Å²) in [5.41, 5.74) is 1.00. The summed E-state index contributed by atoms with van der Waals surface area (Å²) >= 11 is 1.66. The van der Waals surface area contributed by atoms with Crippen LogP contribution in [-0.4, -0.2) is 25.8 Å². The van der Waals surface area contributed by atoms with Crippen LogP contribution in [0.2, 0.25) is 0 Å². The highest BCUT2D eigenvalue weighted by Crippen LogP contribution is 2.24. The van der Waals surface area contributed by atoms with Crippen LogP contribution in [0.1, 0.15) is 0 Å². The maximum absolute atomic E-state index is 11.0. The Hall–Kier alpha value is -1.16. The van der Waals surface area contributed by atoms with Crippen molar-refractivity contribution in [3.63, 3.8) is 0 Å². The van der Waals surface area contributed by atoms with Gasteiger partial charge in [0.2, 0.25) is 5.91 Å². The second kappa shape index (κ2) is 5.54. The smallest absolute Gasteiger partial charge is 0.239 e. The van der Waals surface area contributed by atoms with Gasteiger partial charge in [-0.2, -0.15) is 0 Å². The lowest BCUT2D eigenvalue weighted by molar-refractivity contribution is -0.118. The Bertz CT molecular complexity index is 315. The Labute approximate surface area is 88.3 Å². The second-order valence-corrected chi connectivity index (χ2v) is 3.58. The molecular formula is C10H14N2OS. The molecule has 0 atom stereocenters. The number of benzene rings is 1. The van der Waals surface area contributed by atoms with Crippen molar-refractivity contribution in [2.24, 2.45) is 0 Å². The molecular weight excluding hydrogens is 196 g/mol. The minimum Gasteiger partial charge on any atom is -0.375 e. The Kier molecular flexibility index (Phi) is 4.32. The topological polar surface area (TPSA) is 41.1 Å². The van der Waals surface area contributed by atoms with Crippen molar-refractivity contribution in [3.8, 4) is 0 Å². The first-order valence-electron chi connectivity index (χ1n) is 4.35. The summed E-state index contributed by atoms with van der Waals surface area (Å²) in [7, 11) is 1.63. The zero-order valence-electron chi connectivity index (χ0n) is 8.33. The van der Waals surface area contributed by atoms with E-state index in [0.29, 0.717) is 6.54 Å². The van der Waals surface area contributed by atoms with Crippen LogP contribution in [0.25, 0.3) is 0 Å². The predicted octanol–water partition coefficient (Wildman–Crippen LogP) is 1.57. The SMILES string of the molecule is CNC(=O)CNc1ccccc1SC. The number of para-hydroxylation sites is 1. The Morgan fingerprint density at radius 1 is 1.43 bits per heavy atom. The van der Waals surface area contributed by atoms with E-state index in [1.165, 1.54) is 0 Å². The molecule has 4 heteroatoms. The highest BCUT2D eigenvalue weighted by molar-refractivity contribution is 7.98. The molecule has 0 saturated heterocycles. The summed E-state index contributed by atoms with van der Waals surface area (Å²) in [5, 5.41) is 5.65. The Balaban J connectivity index is 2.61. The molecule has 0 aromatic heterocycles. The van der Waals surface area contributed by atoms with E-state index < -0.39 is 0 Å².